The average molecular weight is 227 g/mol. The Balaban J connectivity index is 2.16. The van der Waals surface area contributed by atoms with Gasteiger partial charge in [-0.1, -0.05) is 39.0 Å². The molecule has 3 heteroatoms. The van der Waals surface area contributed by atoms with Crippen LogP contribution in [0.3, 0.4) is 0 Å². The highest BCUT2D eigenvalue weighted by molar-refractivity contribution is 7.09. The van der Waals surface area contributed by atoms with Crippen LogP contribution in [0.1, 0.15) is 62.3 Å². The second-order valence-corrected chi connectivity index (χ2v) is 4.94. The average Bonchev–Trinajstić information content (AvgIpc) is 2.64. The summed E-state index contributed by atoms with van der Waals surface area (Å²) in [5, 5.41) is 12.7. The van der Waals surface area contributed by atoms with Crippen molar-refractivity contribution in [3.63, 3.8) is 0 Å². The second kappa shape index (κ2) is 6.96. The summed E-state index contributed by atoms with van der Waals surface area (Å²) in [6.45, 7) is 4.18. The van der Waals surface area contributed by atoms with Crippen molar-refractivity contribution in [2.24, 2.45) is 0 Å². The molecule has 0 fully saturated rings. The second-order valence-electron chi connectivity index (χ2n) is 4.05. The van der Waals surface area contributed by atoms with E-state index in [1.54, 1.807) is 11.3 Å². The van der Waals surface area contributed by atoms with Gasteiger partial charge >= 0.3 is 0 Å². The van der Waals surface area contributed by atoms with E-state index in [0.717, 1.165) is 23.5 Å². The number of nitrogens with zero attached hydrogens (tertiary/aromatic N) is 1. The van der Waals surface area contributed by atoms with Crippen LogP contribution in [0.2, 0.25) is 0 Å². The van der Waals surface area contributed by atoms with Gasteiger partial charge in [-0.3, -0.25) is 0 Å². The van der Waals surface area contributed by atoms with Crippen molar-refractivity contribution >= 4 is 11.3 Å². The van der Waals surface area contributed by atoms with E-state index in [0.29, 0.717) is 0 Å². The van der Waals surface area contributed by atoms with Crippen LogP contribution in [0.15, 0.2) is 5.38 Å². The van der Waals surface area contributed by atoms with Crippen molar-refractivity contribution in [3.05, 3.63) is 16.1 Å². The van der Waals surface area contributed by atoms with E-state index < -0.39 is 0 Å². The summed E-state index contributed by atoms with van der Waals surface area (Å²) in [5.74, 6) is 0. The third-order valence-electron chi connectivity index (χ3n) is 2.50. The number of hydrogen-bond donors (Lipinski definition) is 1. The fourth-order valence-electron chi connectivity index (χ4n) is 1.59. The van der Waals surface area contributed by atoms with E-state index in [4.69, 9.17) is 0 Å². The number of aliphatic hydroxyl groups excluding tert-OH is 1. The molecule has 1 rings (SSSR count). The van der Waals surface area contributed by atoms with Gasteiger partial charge in [0.1, 0.15) is 11.1 Å². The zero-order valence-corrected chi connectivity index (χ0v) is 10.5. The normalized spacial score (nSPS) is 13.0. The predicted molar refractivity (Wildman–Crippen MR) is 65.2 cm³/mol. The Hall–Kier alpha value is -0.410. The number of aliphatic hydroxyl groups is 1. The largest absolute Gasteiger partial charge is 0.386 e. The van der Waals surface area contributed by atoms with E-state index in [1.807, 2.05) is 12.3 Å². The summed E-state index contributed by atoms with van der Waals surface area (Å²) < 4.78 is 0. The molecule has 0 amide bonds. The minimum absolute atomic E-state index is 0.342. The summed E-state index contributed by atoms with van der Waals surface area (Å²) in [7, 11) is 0. The quantitative estimate of drug-likeness (QED) is 0.718. The number of rotatable bonds is 7. The van der Waals surface area contributed by atoms with Gasteiger partial charge in [0.05, 0.1) is 0 Å². The van der Waals surface area contributed by atoms with Gasteiger partial charge < -0.3 is 5.11 Å². The highest BCUT2D eigenvalue weighted by atomic mass is 32.1. The Bertz CT molecular complexity index is 272. The van der Waals surface area contributed by atoms with Gasteiger partial charge in [0.25, 0.3) is 0 Å². The molecule has 0 aliphatic carbocycles. The van der Waals surface area contributed by atoms with Crippen molar-refractivity contribution < 1.29 is 5.11 Å². The lowest BCUT2D eigenvalue weighted by atomic mass is 10.1. The maximum atomic E-state index is 9.84. The van der Waals surface area contributed by atoms with Gasteiger partial charge in [0, 0.05) is 11.1 Å². The molecular formula is C12H21NOS. The molecule has 2 nitrogen and oxygen atoms in total. The van der Waals surface area contributed by atoms with Gasteiger partial charge in [0.2, 0.25) is 0 Å². The summed E-state index contributed by atoms with van der Waals surface area (Å²) >= 11 is 1.56. The topological polar surface area (TPSA) is 33.1 Å². The van der Waals surface area contributed by atoms with Gasteiger partial charge in [-0.05, 0) is 13.3 Å². The summed E-state index contributed by atoms with van der Waals surface area (Å²) in [6.07, 6.45) is 6.73. The molecule has 1 heterocycles. The molecular weight excluding hydrogens is 206 g/mol. The third-order valence-corrected chi connectivity index (χ3v) is 3.57. The number of unbranched alkanes of at least 4 members (excludes halogenated alkanes) is 4. The summed E-state index contributed by atoms with van der Waals surface area (Å²) in [6, 6.07) is 0. The zero-order valence-electron chi connectivity index (χ0n) is 9.70. The van der Waals surface area contributed by atoms with Gasteiger partial charge in [-0.2, -0.15) is 0 Å². The minimum atomic E-state index is -0.342. The maximum Gasteiger partial charge on any atom is 0.121 e. The standard InChI is InChI=1S/C12H21NOS/c1-3-4-5-6-7-8-11(14)12-13-10(2)9-15-12/h9,11,14H,3-8H2,1-2H3. The van der Waals surface area contributed by atoms with Crippen LogP contribution in [0.5, 0.6) is 0 Å². The van der Waals surface area contributed by atoms with Crippen LogP contribution in [-0.2, 0) is 0 Å². The fourth-order valence-corrected chi connectivity index (χ4v) is 2.41. The van der Waals surface area contributed by atoms with Crippen LogP contribution in [0.4, 0.5) is 0 Å². The molecule has 0 saturated carbocycles. The molecule has 0 aliphatic rings. The fraction of sp³-hybridized carbons (Fsp3) is 0.750. The molecule has 0 radical (unpaired) electrons. The molecule has 1 atom stereocenters. The Morgan fingerprint density at radius 1 is 1.33 bits per heavy atom. The first kappa shape index (κ1) is 12.7. The van der Waals surface area contributed by atoms with Gasteiger partial charge in [0.15, 0.2) is 0 Å². The molecule has 0 spiro atoms. The highest BCUT2D eigenvalue weighted by Crippen LogP contribution is 2.23. The zero-order chi connectivity index (χ0) is 11.1. The number of thiazole rings is 1. The Morgan fingerprint density at radius 2 is 2.07 bits per heavy atom. The SMILES string of the molecule is CCCCCCCC(O)c1nc(C)cs1. The predicted octanol–water partition coefficient (Wildman–Crippen LogP) is 3.85. The van der Waals surface area contributed by atoms with Crippen LogP contribution in [0, 0.1) is 6.92 Å². The van der Waals surface area contributed by atoms with E-state index in [-0.39, 0.29) is 6.10 Å². The van der Waals surface area contributed by atoms with Crippen molar-refractivity contribution in [1.29, 1.82) is 0 Å². The number of aromatic nitrogens is 1. The summed E-state index contributed by atoms with van der Waals surface area (Å²) in [5.41, 5.74) is 1.01. The molecule has 1 aromatic heterocycles. The molecule has 1 unspecified atom stereocenters. The molecule has 86 valence electrons. The third kappa shape index (κ3) is 4.76. The first-order chi connectivity index (χ1) is 7.24. The first-order valence-electron chi connectivity index (χ1n) is 5.84. The lowest BCUT2D eigenvalue weighted by Gasteiger charge is -2.06. The van der Waals surface area contributed by atoms with Crippen molar-refractivity contribution in [2.45, 2.75) is 58.5 Å². The summed E-state index contributed by atoms with van der Waals surface area (Å²) in [4.78, 5) is 4.29. The Labute approximate surface area is 96.4 Å². The molecule has 0 aromatic carbocycles. The highest BCUT2D eigenvalue weighted by Gasteiger charge is 2.10. The lowest BCUT2D eigenvalue weighted by molar-refractivity contribution is 0.163. The molecule has 1 aromatic rings. The van der Waals surface area contributed by atoms with Crippen LogP contribution < -0.4 is 0 Å². The van der Waals surface area contributed by atoms with E-state index in [2.05, 4.69) is 11.9 Å². The van der Waals surface area contributed by atoms with Crippen LogP contribution >= 0.6 is 11.3 Å². The molecule has 15 heavy (non-hydrogen) atoms. The van der Waals surface area contributed by atoms with E-state index in [9.17, 15) is 5.11 Å². The monoisotopic (exact) mass is 227 g/mol. The van der Waals surface area contributed by atoms with Crippen LogP contribution in [0.25, 0.3) is 0 Å². The van der Waals surface area contributed by atoms with Gasteiger partial charge in [-0.25, -0.2) is 4.98 Å². The molecule has 0 bridgehead atoms. The maximum absolute atomic E-state index is 9.84. The van der Waals surface area contributed by atoms with Crippen LogP contribution in [-0.4, -0.2) is 10.1 Å². The van der Waals surface area contributed by atoms with Crippen molar-refractivity contribution in [3.8, 4) is 0 Å². The Kier molecular flexibility index (Phi) is 5.88. The number of hydrogen-bond acceptors (Lipinski definition) is 3. The smallest absolute Gasteiger partial charge is 0.121 e. The Morgan fingerprint density at radius 3 is 2.67 bits per heavy atom. The number of aryl methyl sites for hydroxylation is 1. The lowest BCUT2D eigenvalue weighted by Crippen LogP contribution is -1.96. The van der Waals surface area contributed by atoms with Gasteiger partial charge in [-0.15, -0.1) is 11.3 Å². The van der Waals surface area contributed by atoms with E-state index >= 15 is 0 Å². The molecule has 1 N–H and O–H groups in total. The van der Waals surface area contributed by atoms with Crippen molar-refractivity contribution in [1.82, 2.24) is 4.98 Å². The molecule has 0 saturated heterocycles. The molecule has 0 aliphatic heterocycles. The first-order valence-corrected chi connectivity index (χ1v) is 6.72. The van der Waals surface area contributed by atoms with Crippen molar-refractivity contribution in [2.75, 3.05) is 0 Å². The van der Waals surface area contributed by atoms with E-state index in [1.165, 1.54) is 25.7 Å². The minimum Gasteiger partial charge on any atom is -0.386 e.